The first-order chi connectivity index (χ1) is 15.3. The van der Waals surface area contributed by atoms with Crippen molar-refractivity contribution in [3.8, 4) is 0 Å². The highest BCUT2D eigenvalue weighted by Gasteiger charge is 2.41. The number of piperazine rings is 1. The van der Waals surface area contributed by atoms with Crippen molar-refractivity contribution in [3.05, 3.63) is 65.2 Å². The molecule has 2 fully saturated rings. The second-order valence-electron chi connectivity index (χ2n) is 8.57. The third-order valence-electron chi connectivity index (χ3n) is 6.44. The van der Waals surface area contributed by atoms with Gasteiger partial charge in [-0.15, -0.1) is 0 Å². The minimum Gasteiger partial charge on any atom is -0.339 e. The second kappa shape index (κ2) is 9.03. The average Bonchev–Trinajstić information content (AvgIpc) is 3.17. The van der Waals surface area contributed by atoms with Crippen molar-refractivity contribution in [1.29, 1.82) is 0 Å². The van der Waals surface area contributed by atoms with Crippen LogP contribution in [0.3, 0.4) is 0 Å². The third-order valence-corrected chi connectivity index (χ3v) is 8.29. The van der Waals surface area contributed by atoms with Gasteiger partial charge in [-0.3, -0.25) is 9.59 Å². The van der Waals surface area contributed by atoms with Crippen molar-refractivity contribution in [2.75, 3.05) is 37.6 Å². The maximum absolute atomic E-state index is 13.1. The van der Waals surface area contributed by atoms with Crippen LogP contribution in [0.2, 0.25) is 0 Å². The summed E-state index contributed by atoms with van der Waals surface area (Å²) in [5, 5.41) is 0. The van der Waals surface area contributed by atoms with Crippen LogP contribution in [0.4, 0.5) is 5.69 Å². The number of nitrogens with zero attached hydrogens (tertiary/aromatic N) is 3. The van der Waals surface area contributed by atoms with Crippen LogP contribution in [0.1, 0.15) is 23.1 Å². The van der Waals surface area contributed by atoms with E-state index in [4.69, 9.17) is 0 Å². The predicted octanol–water partition coefficient (Wildman–Crippen LogP) is 2.33. The Balaban J connectivity index is 1.36. The van der Waals surface area contributed by atoms with Crippen LogP contribution in [0.25, 0.3) is 0 Å². The highest BCUT2D eigenvalue weighted by Crippen LogP contribution is 2.28. The molecule has 2 aromatic carbocycles. The number of hydrogen-bond acceptors (Lipinski definition) is 4. The number of sulfonamides is 1. The van der Waals surface area contributed by atoms with E-state index >= 15 is 0 Å². The molecule has 1 atom stereocenters. The Labute approximate surface area is 189 Å². The van der Waals surface area contributed by atoms with E-state index < -0.39 is 15.9 Å². The molecule has 2 heterocycles. The van der Waals surface area contributed by atoms with Crippen LogP contribution in [0, 0.1) is 19.8 Å². The van der Waals surface area contributed by atoms with Gasteiger partial charge in [-0.1, -0.05) is 36.4 Å². The number of benzene rings is 2. The van der Waals surface area contributed by atoms with Crippen molar-refractivity contribution in [1.82, 2.24) is 9.21 Å². The number of aryl methyl sites for hydroxylation is 2. The normalized spacial score (nSPS) is 20.1. The Morgan fingerprint density at radius 2 is 1.62 bits per heavy atom. The maximum atomic E-state index is 13.1. The third kappa shape index (κ3) is 4.56. The number of carbonyl (C=O) groups excluding carboxylic acids is 2. The lowest BCUT2D eigenvalue weighted by molar-refractivity contribution is -0.140. The van der Waals surface area contributed by atoms with E-state index in [1.807, 2.05) is 50.2 Å². The van der Waals surface area contributed by atoms with Gasteiger partial charge in [0.15, 0.2) is 0 Å². The molecule has 2 saturated heterocycles. The summed E-state index contributed by atoms with van der Waals surface area (Å²) in [7, 11) is -3.45. The molecular weight excluding hydrogens is 426 g/mol. The molecule has 2 aliphatic heterocycles. The molecule has 0 radical (unpaired) electrons. The van der Waals surface area contributed by atoms with Gasteiger partial charge in [0.05, 0.1) is 5.75 Å². The first kappa shape index (κ1) is 22.5. The zero-order valence-electron chi connectivity index (χ0n) is 18.5. The molecule has 0 aliphatic carbocycles. The van der Waals surface area contributed by atoms with E-state index in [9.17, 15) is 18.0 Å². The standard InChI is InChI=1S/C24H29N3O4S/c1-18-8-9-21(16-19(18)2)27-11-10-22(24(27)29)23(28)25-12-14-26(15-13-25)32(30,31)17-20-6-4-3-5-7-20/h3-9,16,22H,10-15,17H2,1-2H3. The van der Waals surface area contributed by atoms with Crippen molar-refractivity contribution < 1.29 is 18.0 Å². The number of carbonyl (C=O) groups is 2. The molecule has 32 heavy (non-hydrogen) atoms. The predicted molar refractivity (Wildman–Crippen MR) is 124 cm³/mol. The molecule has 170 valence electrons. The summed E-state index contributed by atoms with van der Waals surface area (Å²) < 4.78 is 27.0. The minimum atomic E-state index is -3.45. The topological polar surface area (TPSA) is 78.0 Å². The van der Waals surface area contributed by atoms with Gasteiger partial charge in [0, 0.05) is 38.4 Å². The quantitative estimate of drug-likeness (QED) is 0.649. The Kier molecular flexibility index (Phi) is 6.35. The van der Waals surface area contributed by atoms with Gasteiger partial charge >= 0.3 is 0 Å². The summed E-state index contributed by atoms with van der Waals surface area (Å²) in [6.45, 7) is 5.67. The highest BCUT2D eigenvalue weighted by atomic mass is 32.2. The first-order valence-corrected chi connectivity index (χ1v) is 12.6. The van der Waals surface area contributed by atoms with Crippen molar-refractivity contribution in [2.45, 2.75) is 26.0 Å². The molecule has 0 N–H and O–H groups in total. The maximum Gasteiger partial charge on any atom is 0.239 e. The second-order valence-corrected chi connectivity index (χ2v) is 10.5. The number of hydrogen-bond donors (Lipinski definition) is 0. The molecular formula is C24H29N3O4S. The Morgan fingerprint density at radius 1 is 0.938 bits per heavy atom. The van der Waals surface area contributed by atoms with Gasteiger partial charge in [0.25, 0.3) is 0 Å². The molecule has 0 spiro atoms. The molecule has 4 rings (SSSR count). The van der Waals surface area contributed by atoms with Gasteiger partial charge in [-0.2, -0.15) is 4.31 Å². The number of anilines is 1. The van der Waals surface area contributed by atoms with Crippen molar-refractivity contribution in [3.63, 3.8) is 0 Å². The zero-order chi connectivity index (χ0) is 22.9. The van der Waals surface area contributed by atoms with Crippen LogP contribution >= 0.6 is 0 Å². The Hall–Kier alpha value is -2.71. The van der Waals surface area contributed by atoms with E-state index in [1.165, 1.54) is 4.31 Å². The first-order valence-electron chi connectivity index (χ1n) is 11.0. The highest BCUT2D eigenvalue weighted by molar-refractivity contribution is 7.88. The molecule has 8 heteroatoms. The monoisotopic (exact) mass is 455 g/mol. The molecule has 2 aliphatic rings. The summed E-state index contributed by atoms with van der Waals surface area (Å²) >= 11 is 0. The lowest BCUT2D eigenvalue weighted by atomic mass is 10.1. The molecule has 1 unspecified atom stereocenters. The van der Waals surface area contributed by atoms with Crippen molar-refractivity contribution in [2.24, 2.45) is 5.92 Å². The summed E-state index contributed by atoms with van der Waals surface area (Å²) in [5.74, 6) is -1.10. The van der Waals surface area contributed by atoms with Crippen LogP contribution in [-0.2, 0) is 25.4 Å². The van der Waals surface area contributed by atoms with Gasteiger partial charge in [0.1, 0.15) is 5.92 Å². The van der Waals surface area contributed by atoms with Crippen LogP contribution in [0.5, 0.6) is 0 Å². The lowest BCUT2D eigenvalue weighted by Crippen LogP contribution is -2.52. The largest absolute Gasteiger partial charge is 0.339 e. The molecule has 0 bridgehead atoms. The van der Waals surface area contributed by atoms with Crippen LogP contribution < -0.4 is 4.90 Å². The van der Waals surface area contributed by atoms with Crippen LogP contribution in [-0.4, -0.2) is 62.2 Å². The number of amides is 2. The summed E-state index contributed by atoms with van der Waals surface area (Å²) in [4.78, 5) is 29.4. The molecule has 0 aromatic heterocycles. The molecule has 7 nitrogen and oxygen atoms in total. The van der Waals surface area contributed by atoms with Gasteiger partial charge in [-0.25, -0.2) is 8.42 Å². The lowest BCUT2D eigenvalue weighted by Gasteiger charge is -2.35. The fraction of sp³-hybridized carbons (Fsp3) is 0.417. The minimum absolute atomic E-state index is 0.0478. The van der Waals surface area contributed by atoms with E-state index in [0.29, 0.717) is 26.1 Å². The van der Waals surface area contributed by atoms with E-state index in [1.54, 1.807) is 21.9 Å². The van der Waals surface area contributed by atoms with E-state index in [2.05, 4.69) is 0 Å². The summed E-state index contributed by atoms with van der Waals surface area (Å²) in [6.07, 6.45) is 0.483. The fourth-order valence-electron chi connectivity index (χ4n) is 4.34. The van der Waals surface area contributed by atoms with Crippen molar-refractivity contribution >= 4 is 27.5 Å². The van der Waals surface area contributed by atoms with E-state index in [-0.39, 0.29) is 30.7 Å². The van der Waals surface area contributed by atoms with E-state index in [0.717, 1.165) is 22.4 Å². The number of rotatable bonds is 5. The Morgan fingerprint density at radius 3 is 2.28 bits per heavy atom. The van der Waals surface area contributed by atoms with Crippen LogP contribution in [0.15, 0.2) is 48.5 Å². The average molecular weight is 456 g/mol. The van der Waals surface area contributed by atoms with Gasteiger partial charge < -0.3 is 9.80 Å². The van der Waals surface area contributed by atoms with Gasteiger partial charge in [-0.05, 0) is 49.1 Å². The fourth-order valence-corrected chi connectivity index (χ4v) is 5.86. The Bertz CT molecular complexity index is 1110. The summed E-state index contributed by atoms with van der Waals surface area (Å²) in [6, 6.07) is 15.0. The SMILES string of the molecule is Cc1ccc(N2CCC(C(=O)N3CCN(S(=O)(=O)Cc4ccccc4)CC3)C2=O)cc1C. The van der Waals surface area contributed by atoms with Gasteiger partial charge in [0.2, 0.25) is 21.8 Å². The molecule has 2 aromatic rings. The molecule has 0 saturated carbocycles. The molecule has 2 amide bonds. The smallest absolute Gasteiger partial charge is 0.239 e. The zero-order valence-corrected chi connectivity index (χ0v) is 19.3. The summed E-state index contributed by atoms with van der Waals surface area (Å²) in [5.41, 5.74) is 3.84.